The Morgan fingerprint density at radius 1 is 1.26 bits per heavy atom. The molecule has 1 aromatic carbocycles. The molecule has 0 radical (unpaired) electrons. The molecule has 0 aliphatic carbocycles. The molecule has 0 spiro atoms. The van der Waals surface area contributed by atoms with Gasteiger partial charge < -0.3 is 14.0 Å². The smallest absolute Gasteiger partial charge is 0.403 e. The fourth-order valence-electron chi connectivity index (χ4n) is 2.79. The van der Waals surface area contributed by atoms with Crippen LogP contribution in [-0.4, -0.2) is 19.5 Å². The summed E-state index contributed by atoms with van der Waals surface area (Å²) in [4.78, 5) is 17.7. The van der Waals surface area contributed by atoms with Crippen molar-refractivity contribution in [3.8, 4) is 0 Å². The monoisotopic (exact) mass is 308 g/mol. The van der Waals surface area contributed by atoms with E-state index in [1.165, 1.54) is 6.07 Å². The number of fused-ring (bicyclic) bond motifs is 1. The number of aromatic amines is 1. The Balaban J connectivity index is 1.91. The Hall–Kier alpha value is -3.35. The molecular formula is C16H12N4O3. The summed E-state index contributed by atoms with van der Waals surface area (Å²) >= 11 is 0. The van der Waals surface area contributed by atoms with Gasteiger partial charge in [0.05, 0.1) is 12.4 Å². The van der Waals surface area contributed by atoms with E-state index in [0.29, 0.717) is 5.76 Å². The van der Waals surface area contributed by atoms with Gasteiger partial charge in [0.1, 0.15) is 16.7 Å². The Morgan fingerprint density at radius 3 is 2.87 bits per heavy atom. The van der Waals surface area contributed by atoms with Crippen molar-refractivity contribution in [2.45, 2.75) is 6.04 Å². The van der Waals surface area contributed by atoms with E-state index in [1.807, 2.05) is 35.0 Å². The zero-order chi connectivity index (χ0) is 15.8. The maximum atomic E-state index is 10.9. The highest BCUT2D eigenvalue weighted by molar-refractivity contribution is 5.84. The zero-order valence-corrected chi connectivity index (χ0v) is 11.9. The van der Waals surface area contributed by atoms with Gasteiger partial charge in [0, 0.05) is 35.1 Å². The lowest BCUT2D eigenvalue weighted by molar-refractivity contribution is -0.402. The largest absolute Gasteiger partial charge is 0.433 e. The molecule has 7 heteroatoms. The van der Waals surface area contributed by atoms with Crippen molar-refractivity contribution in [1.29, 1.82) is 0 Å². The van der Waals surface area contributed by atoms with E-state index in [4.69, 9.17) is 4.42 Å². The van der Waals surface area contributed by atoms with Crippen molar-refractivity contribution in [3.05, 3.63) is 82.8 Å². The number of aromatic nitrogens is 3. The second kappa shape index (κ2) is 5.13. The molecule has 4 rings (SSSR count). The first-order valence-corrected chi connectivity index (χ1v) is 7.01. The van der Waals surface area contributed by atoms with Crippen LogP contribution in [0.1, 0.15) is 17.4 Å². The summed E-state index contributed by atoms with van der Waals surface area (Å²) in [6.07, 6.45) is 7.03. The number of benzene rings is 1. The standard InChI is InChI=1S/C16H12N4O3/c21-20(22)15-6-5-14(23-15)16(19-8-7-17-10-19)12-9-18-13-4-2-1-3-11(12)13/h1-10,16,18H. The number of H-pyrrole nitrogens is 1. The molecule has 3 heterocycles. The molecule has 1 unspecified atom stereocenters. The van der Waals surface area contributed by atoms with Gasteiger partial charge in [-0.15, -0.1) is 0 Å². The molecule has 0 saturated heterocycles. The minimum Gasteiger partial charge on any atom is -0.403 e. The van der Waals surface area contributed by atoms with Gasteiger partial charge in [0.25, 0.3) is 0 Å². The van der Waals surface area contributed by atoms with Crippen LogP contribution in [0.4, 0.5) is 5.88 Å². The SMILES string of the molecule is O=[N+]([O-])c1ccc(C(c2c[nH]c3ccccc23)n2ccnc2)o1. The van der Waals surface area contributed by atoms with Crippen molar-refractivity contribution in [2.24, 2.45) is 0 Å². The van der Waals surface area contributed by atoms with Crippen molar-refractivity contribution in [1.82, 2.24) is 14.5 Å². The van der Waals surface area contributed by atoms with E-state index < -0.39 is 4.92 Å². The van der Waals surface area contributed by atoms with Crippen LogP contribution in [0.25, 0.3) is 10.9 Å². The second-order valence-corrected chi connectivity index (χ2v) is 5.14. The normalized spacial score (nSPS) is 12.5. The van der Waals surface area contributed by atoms with Crippen LogP contribution in [0, 0.1) is 10.1 Å². The summed E-state index contributed by atoms with van der Waals surface area (Å²) in [6, 6.07) is 10.6. The first kappa shape index (κ1) is 13.3. The van der Waals surface area contributed by atoms with Crippen LogP contribution in [0.3, 0.4) is 0 Å². The van der Waals surface area contributed by atoms with Crippen LogP contribution >= 0.6 is 0 Å². The number of rotatable bonds is 4. The summed E-state index contributed by atoms with van der Waals surface area (Å²) in [5, 5.41) is 11.9. The predicted molar refractivity (Wildman–Crippen MR) is 83.1 cm³/mol. The molecule has 0 amide bonds. The van der Waals surface area contributed by atoms with Crippen LogP contribution in [-0.2, 0) is 0 Å². The number of nitro groups is 1. The van der Waals surface area contributed by atoms with Crippen molar-refractivity contribution >= 4 is 16.8 Å². The number of imidazole rings is 1. The minimum absolute atomic E-state index is 0.273. The highest BCUT2D eigenvalue weighted by atomic mass is 16.6. The second-order valence-electron chi connectivity index (χ2n) is 5.14. The highest BCUT2D eigenvalue weighted by Crippen LogP contribution is 2.34. The number of hydrogen-bond acceptors (Lipinski definition) is 4. The van der Waals surface area contributed by atoms with Gasteiger partial charge in [0.15, 0.2) is 0 Å². The highest BCUT2D eigenvalue weighted by Gasteiger charge is 2.25. The quantitative estimate of drug-likeness (QED) is 0.461. The molecule has 0 fully saturated rings. The lowest BCUT2D eigenvalue weighted by Gasteiger charge is -2.15. The lowest BCUT2D eigenvalue weighted by Crippen LogP contribution is -2.09. The van der Waals surface area contributed by atoms with E-state index in [9.17, 15) is 10.1 Å². The average Bonchev–Trinajstić information content (AvgIpc) is 3.29. The molecule has 114 valence electrons. The zero-order valence-electron chi connectivity index (χ0n) is 11.9. The number of para-hydroxylation sites is 1. The topological polar surface area (TPSA) is 89.9 Å². The van der Waals surface area contributed by atoms with E-state index >= 15 is 0 Å². The Labute approximate surface area is 130 Å². The van der Waals surface area contributed by atoms with Crippen molar-refractivity contribution < 1.29 is 9.34 Å². The van der Waals surface area contributed by atoms with Crippen molar-refractivity contribution in [3.63, 3.8) is 0 Å². The van der Waals surface area contributed by atoms with Crippen LogP contribution in [0.5, 0.6) is 0 Å². The summed E-state index contributed by atoms with van der Waals surface area (Å²) in [5.74, 6) is 0.212. The van der Waals surface area contributed by atoms with E-state index in [2.05, 4.69) is 9.97 Å². The number of nitrogens with zero attached hydrogens (tertiary/aromatic N) is 3. The third-order valence-corrected chi connectivity index (χ3v) is 3.80. The van der Waals surface area contributed by atoms with Gasteiger partial charge >= 0.3 is 5.88 Å². The Bertz CT molecular complexity index is 968. The van der Waals surface area contributed by atoms with Gasteiger partial charge in [-0.1, -0.05) is 18.2 Å². The maximum absolute atomic E-state index is 10.9. The number of nitrogens with one attached hydrogen (secondary N) is 1. The molecule has 7 nitrogen and oxygen atoms in total. The molecule has 1 atom stereocenters. The molecule has 4 aromatic rings. The summed E-state index contributed by atoms with van der Waals surface area (Å²) in [6.45, 7) is 0. The molecule has 0 aliphatic heterocycles. The molecule has 0 saturated carbocycles. The number of hydrogen-bond donors (Lipinski definition) is 1. The molecule has 0 bridgehead atoms. The van der Waals surface area contributed by atoms with Crippen LogP contribution in [0.15, 0.2) is 65.7 Å². The molecule has 3 aromatic heterocycles. The molecule has 0 aliphatic rings. The van der Waals surface area contributed by atoms with Crippen LogP contribution in [0.2, 0.25) is 0 Å². The van der Waals surface area contributed by atoms with Crippen molar-refractivity contribution in [2.75, 3.05) is 0 Å². The molecule has 1 N–H and O–H groups in total. The third kappa shape index (κ3) is 2.18. The summed E-state index contributed by atoms with van der Waals surface area (Å²) in [5.41, 5.74) is 1.96. The Morgan fingerprint density at radius 2 is 2.13 bits per heavy atom. The minimum atomic E-state index is -0.538. The van der Waals surface area contributed by atoms with Gasteiger partial charge in [-0.25, -0.2) is 4.98 Å². The number of furan rings is 1. The summed E-state index contributed by atoms with van der Waals surface area (Å²) in [7, 11) is 0. The molecular weight excluding hydrogens is 296 g/mol. The fourth-order valence-corrected chi connectivity index (χ4v) is 2.79. The lowest BCUT2D eigenvalue weighted by atomic mass is 10.0. The van der Waals surface area contributed by atoms with E-state index in [0.717, 1.165) is 16.5 Å². The maximum Gasteiger partial charge on any atom is 0.433 e. The average molecular weight is 308 g/mol. The molecule has 23 heavy (non-hydrogen) atoms. The first-order valence-electron chi connectivity index (χ1n) is 7.01. The van der Waals surface area contributed by atoms with Gasteiger partial charge in [-0.2, -0.15) is 0 Å². The Kier molecular flexibility index (Phi) is 2.97. The van der Waals surface area contributed by atoms with Crippen LogP contribution < -0.4 is 0 Å². The van der Waals surface area contributed by atoms with Gasteiger partial charge in [-0.3, -0.25) is 10.1 Å². The fraction of sp³-hybridized carbons (Fsp3) is 0.0625. The first-order chi connectivity index (χ1) is 11.2. The predicted octanol–water partition coefficient (Wildman–Crippen LogP) is 3.50. The summed E-state index contributed by atoms with van der Waals surface area (Å²) < 4.78 is 7.30. The van der Waals surface area contributed by atoms with E-state index in [-0.39, 0.29) is 11.9 Å². The van der Waals surface area contributed by atoms with E-state index in [1.54, 1.807) is 24.8 Å². The van der Waals surface area contributed by atoms with Gasteiger partial charge in [-0.05, 0) is 12.1 Å². The third-order valence-electron chi connectivity index (χ3n) is 3.80. The van der Waals surface area contributed by atoms with Gasteiger partial charge in [0.2, 0.25) is 0 Å².